The van der Waals surface area contributed by atoms with E-state index in [1.807, 2.05) is 7.05 Å². The second-order valence-electron chi connectivity index (χ2n) is 2.70. The fraction of sp³-hybridized carbons (Fsp3) is 0.857. The van der Waals surface area contributed by atoms with Gasteiger partial charge in [0.15, 0.2) is 0 Å². The molecule has 0 heterocycles. The van der Waals surface area contributed by atoms with Gasteiger partial charge in [-0.3, -0.25) is 0 Å². The molecular weight excluding hydrogens is 158 g/mol. The van der Waals surface area contributed by atoms with Gasteiger partial charge in [0.05, 0.1) is 0 Å². The van der Waals surface area contributed by atoms with Gasteiger partial charge in [0.2, 0.25) is 0 Å². The number of nitrogens with zero attached hydrogens (tertiary/aromatic N) is 2. The minimum Gasteiger partial charge on any atom is -0.357 e. The lowest BCUT2D eigenvalue weighted by Crippen LogP contribution is -2.36. The zero-order valence-electron chi connectivity index (χ0n) is 7.91. The summed E-state index contributed by atoms with van der Waals surface area (Å²) < 4.78 is 0. The van der Waals surface area contributed by atoms with Crippen molar-refractivity contribution < 1.29 is 9.63 Å². The van der Waals surface area contributed by atoms with E-state index in [4.69, 9.17) is 5.90 Å². The third kappa shape index (κ3) is 4.15. The Morgan fingerprint density at radius 2 is 2.00 bits per heavy atom. The van der Waals surface area contributed by atoms with Crippen molar-refractivity contribution in [3.05, 3.63) is 0 Å². The van der Waals surface area contributed by atoms with Crippen LogP contribution in [0.25, 0.3) is 0 Å². The molecule has 0 aromatic carbocycles. The van der Waals surface area contributed by atoms with E-state index >= 15 is 0 Å². The molecule has 72 valence electrons. The Morgan fingerprint density at radius 3 is 2.42 bits per heavy atom. The highest BCUT2D eigenvalue weighted by molar-refractivity contribution is 5.66. The summed E-state index contributed by atoms with van der Waals surface area (Å²) in [5.41, 5.74) is 0. The molecule has 0 spiro atoms. The molecule has 0 aliphatic heterocycles. The summed E-state index contributed by atoms with van der Waals surface area (Å²) in [5, 5.41) is 0. The maximum absolute atomic E-state index is 10.8. The molecule has 0 rings (SSSR count). The third-order valence-electron chi connectivity index (χ3n) is 1.77. The summed E-state index contributed by atoms with van der Waals surface area (Å²) in [4.78, 5) is 18.4. The molecule has 0 unspecified atom stereocenters. The van der Waals surface area contributed by atoms with Crippen LogP contribution in [0.2, 0.25) is 0 Å². The minimum atomic E-state index is -0.500. The average molecular weight is 175 g/mol. The van der Waals surface area contributed by atoms with Gasteiger partial charge in [0, 0.05) is 20.1 Å². The molecular formula is C7H17N3O2. The van der Waals surface area contributed by atoms with Gasteiger partial charge in [-0.05, 0) is 13.6 Å². The van der Waals surface area contributed by atoms with Crippen molar-refractivity contribution in [3.63, 3.8) is 0 Å². The second kappa shape index (κ2) is 5.79. The average Bonchev–Trinajstić information content (AvgIpc) is 2.11. The fourth-order valence-corrected chi connectivity index (χ4v) is 0.660. The number of hydrogen-bond acceptors (Lipinski definition) is 4. The van der Waals surface area contributed by atoms with Gasteiger partial charge in [-0.15, -0.1) is 0 Å². The van der Waals surface area contributed by atoms with Crippen LogP contribution in [0.5, 0.6) is 0 Å². The predicted octanol–water partition coefficient (Wildman–Crippen LogP) is -0.120. The van der Waals surface area contributed by atoms with E-state index in [0.29, 0.717) is 6.54 Å². The largest absolute Gasteiger partial charge is 0.428 e. The Labute approximate surface area is 73.0 Å². The topological polar surface area (TPSA) is 58.8 Å². The Balaban J connectivity index is 3.56. The van der Waals surface area contributed by atoms with Crippen molar-refractivity contribution in [2.45, 2.75) is 6.92 Å². The first kappa shape index (κ1) is 11.2. The van der Waals surface area contributed by atoms with Crippen LogP contribution in [0.1, 0.15) is 6.92 Å². The van der Waals surface area contributed by atoms with E-state index in [9.17, 15) is 4.79 Å². The van der Waals surface area contributed by atoms with Crippen LogP contribution >= 0.6 is 0 Å². The van der Waals surface area contributed by atoms with Gasteiger partial charge >= 0.3 is 6.09 Å². The van der Waals surface area contributed by atoms with E-state index in [1.54, 1.807) is 7.05 Å². The normalized spacial score (nSPS) is 10.1. The number of nitrogens with two attached hydrogens (primary N) is 1. The van der Waals surface area contributed by atoms with Crippen LogP contribution < -0.4 is 5.90 Å². The van der Waals surface area contributed by atoms with Crippen molar-refractivity contribution in [2.75, 3.05) is 33.7 Å². The number of likely N-dealkylation sites (N-methyl/N-ethyl adjacent to an activating group) is 2. The summed E-state index contributed by atoms with van der Waals surface area (Å²) in [5.74, 6) is 4.71. The number of carbonyl (C=O) groups excluding carboxylic acids is 1. The zero-order valence-corrected chi connectivity index (χ0v) is 7.91. The standard InChI is InChI=1S/C7H17N3O2/c1-4-9(2)5-6-10(3)7(11)12-8/h4-6,8H2,1-3H3. The quantitative estimate of drug-likeness (QED) is 0.605. The van der Waals surface area contributed by atoms with Crippen LogP contribution in [0.15, 0.2) is 0 Å². The molecule has 1 amide bonds. The molecule has 0 atom stereocenters. The Hall–Kier alpha value is -0.810. The molecule has 2 N–H and O–H groups in total. The molecule has 0 aliphatic rings. The summed E-state index contributed by atoms with van der Waals surface area (Å²) in [6, 6.07) is 0. The Bertz CT molecular complexity index is 141. The summed E-state index contributed by atoms with van der Waals surface area (Å²) in [7, 11) is 3.64. The minimum absolute atomic E-state index is 0.500. The zero-order chi connectivity index (χ0) is 9.56. The molecule has 0 aliphatic carbocycles. The van der Waals surface area contributed by atoms with Gasteiger partial charge in [0.25, 0.3) is 0 Å². The van der Waals surface area contributed by atoms with E-state index < -0.39 is 6.09 Å². The SMILES string of the molecule is CCN(C)CCN(C)C(=O)ON. The molecule has 5 heteroatoms. The van der Waals surface area contributed by atoms with Crippen molar-refractivity contribution in [1.29, 1.82) is 0 Å². The highest BCUT2D eigenvalue weighted by Gasteiger charge is 2.08. The number of amides is 1. The fourth-order valence-electron chi connectivity index (χ4n) is 0.660. The first-order valence-corrected chi connectivity index (χ1v) is 3.92. The monoisotopic (exact) mass is 175 g/mol. The summed E-state index contributed by atoms with van der Waals surface area (Å²) in [6.07, 6.45) is -0.500. The van der Waals surface area contributed by atoms with Gasteiger partial charge in [-0.1, -0.05) is 6.92 Å². The van der Waals surface area contributed by atoms with E-state index in [-0.39, 0.29) is 0 Å². The van der Waals surface area contributed by atoms with Gasteiger partial charge in [0.1, 0.15) is 0 Å². The smallest absolute Gasteiger partial charge is 0.357 e. The van der Waals surface area contributed by atoms with Gasteiger partial charge in [-0.2, -0.15) is 5.90 Å². The second-order valence-corrected chi connectivity index (χ2v) is 2.70. The van der Waals surface area contributed by atoms with Crippen LogP contribution in [0, 0.1) is 0 Å². The summed E-state index contributed by atoms with van der Waals surface area (Å²) in [6.45, 7) is 4.47. The molecule has 0 aromatic rings. The van der Waals surface area contributed by atoms with E-state index in [2.05, 4.69) is 16.7 Å². The number of carbonyl (C=O) groups is 1. The van der Waals surface area contributed by atoms with Crippen molar-refractivity contribution in [3.8, 4) is 0 Å². The Morgan fingerprint density at radius 1 is 1.42 bits per heavy atom. The lowest BCUT2D eigenvalue weighted by molar-refractivity contribution is 0.109. The van der Waals surface area contributed by atoms with Crippen LogP contribution in [0.3, 0.4) is 0 Å². The van der Waals surface area contributed by atoms with Gasteiger partial charge in [-0.25, -0.2) is 4.79 Å². The van der Waals surface area contributed by atoms with Crippen molar-refractivity contribution >= 4 is 6.09 Å². The molecule has 0 aromatic heterocycles. The molecule has 12 heavy (non-hydrogen) atoms. The maximum atomic E-state index is 10.8. The number of rotatable bonds is 4. The van der Waals surface area contributed by atoms with Crippen molar-refractivity contribution in [2.24, 2.45) is 5.90 Å². The van der Waals surface area contributed by atoms with Crippen molar-refractivity contribution in [1.82, 2.24) is 9.80 Å². The molecule has 0 fully saturated rings. The third-order valence-corrected chi connectivity index (χ3v) is 1.77. The lowest BCUT2D eigenvalue weighted by atomic mass is 10.5. The molecule has 0 saturated carbocycles. The Kier molecular flexibility index (Phi) is 5.40. The first-order chi connectivity index (χ1) is 5.61. The molecule has 0 radical (unpaired) electrons. The molecule has 0 bridgehead atoms. The predicted molar refractivity (Wildman–Crippen MR) is 46.5 cm³/mol. The van der Waals surface area contributed by atoms with Crippen LogP contribution in [0.4, 0.5) is 4.79 Å². The first-order valence-electron chi connectivity index (χ1n) is 3.92. The molecule has 5 nitrogen and oxygen atoms in total. The van der Waals surface area contributed by atoms with E-state index in [0.717, 1.165) is 13.1 Å². The van der Waals surface area contributed by atoms with Crippen LogP contribution in [-0.2, 0) is 4.84 Å². The van der Waals surface area contributed by atoms with Gasteiger partial charge < -0.3 is 14.6 Å². The number of hydrogen-bond donors (Lipinski definition) is 1. The summed E-state index contributed by atoms with van der Waals surface area (Å²) >= 11 is 0. The molecule has 0 saturated heterocycles. The highest BCUT2D eigenvalue weighted by atomic mass is 16.7. The highest BCUT2D eigenvalue weighted by Crippen LogP contribution is 1.88. The maximum Gasteiger partial charge on any atom is 0.428 e. The van der Waals surface area contributed by atoms with E-state index in [1.165, 1.54) is 4.90 Å². The van der Waals surface area contributed by atoms with Crippen LogP contribution in [-0.4, -0.2) is 49.6 Å². The lowest BCUT2D eigenvalue weighted by Gasteiger charge is -2.19.